The molecule has 0 atom stereocenters. The first-order valence-electron chi connectivity index (χ1n) is 11.0. The highest BCUT2D eigenvalue weighted by molar-refractivity contribution is 6.30. The summed E-state index contributed by atoms with van der Waals surface area (Å²) in [6, 6.07) is 22.1. The highest BCUT2D eigenvalue weighted by Gasteiger charge is 2.15. The third-order valence-corrected chi connectivity index (χ3v) is 5.97. The van der Waals surface area contributed by atoms with Crippen molar-refractivity contribution >= 4 is 45.1 Å². The molecule has 0 saturated carbocycles. The number of hydrogen-bond acceptors (Lipinski definition) is 3. The Labute approximate surface area is 196 Å². The number of carbonyl (C=O) groups is 1. The molecule has 6 heteroatoms. The number of nitrogens with zero attached hydrogens (tertiary/aromatic N) is 2. The van der Waals surface area contributed by atoms with Gasteiger partial charge in [0.25, 0.3) is 0 Å². The number of amides is 1. The predicted molar refractivity (Wildman–Crippen MR) is 135 cm³/mol. The largest absolute Gasteiger partial charge is 0.353 e. The van der Waals surface area contributed by atoms with Gasteiger partial charge in [0.1, 0.15) is 5.82 Å². The van der Waals surface area contributed by atoms with Crippen LogP contribution in [0.4, 0.5) is 5.82 Å². The van der Waals surface area contributed by atoms with E-state index in [1.165, 1.54) is 22.7 Å². The standard InChI is InChI=1S/C27H23ClN4O/c1-17-9-12-23-21(15-17)20(6-4-8-26(33)32-25-14-11-19(28)16-29-25)27(31-23)24-13-10-18-5-2-3-7-22(18)30-24/h2-3,5,7,9-16,31H,4,6,8H2,1H3,(H,29,32,33). The Morgan fingerprint density at radius 1 is 1.06 bits per heavy atom. The number of para-hydroxylation sites is 1. The van der Waals surface area contributed by atoms with E-state index in [1.807, 2.05) is 18.2 Å². The van der Waals surface area contributed by atoms with Gasteiger partial charge in [0.05, 0.1) is 21.9 Å². The minimum Gasteiger partial charge on any atom is -0.353 e. The number of carbonyl (C=O) groups excluding carboxylic acids is 1. The van der Waals surface area contributed by atoms with Gasteiger partial charge in [-0.05, 0) is 61.7 Å². The Hall–Kier alpha value is -3.70. The predicted octanol–water partition coefficient (Wildman–Crippen LogP) is 6.70. The number of anilines is 1. The molecule has 3 heterocycles. The second-order valence-corrected chi connectivity index (χ2v) is 8.62. The van der Waals surface area contributed by atoms with Crippen LogP contribution in [0, 0.1) is 6.92 Å². The minimum atomic E-state index is -0.0637. The van der Waals surface area contributed by atoms with E-state index >= 15 is 0 Å². The molecule has 5 nitrogen and oxygen atoms in total. The maximum Gasteiger partial charge on any atom is 0.225 e. The number of benzene rings is 2. The fourth-order valence-electron chi connectivity index (χ4n) is 4.13. The van der Waals surface area contributed by atoms with Gasteiger partial charge in [0, 0.05) is 28.9 Å². The highest BCUT2D eigenvalue weighted by Crippen LogP contribution is 2.32. The summed E-state index contributed by atoms with van der Waals surface area (Å²) < 4.78 is 0. The van der Waals surface area contributed by atoms with Crippen molar-refractivity contribution in [2.45, 2.75) is 26.2 Å². The number of pyridine rings is 2. The zero-order valence-corrected chi connectivity index (χ0v) is 19.0. The molecule has 5 aromatic rings. The molecule has 0 radical (unpaired) electrons. The summed E-state index contributed by atoms with van der Waals surface area (Å²) in [6.45, 7) is 2.09. The van der Waals surface area contributed by atoms with E-state index in [9.17, 15) is 4.79 Å². The lowest BCUT2D eigenvalue weighted by molar-refractivity contribution is -0.116. The summed E-state index contributed by atoms with van der Waals surface area (Å²) in [4.78, 5) is 25.0. The second kappa shape index (κ2) is 9.04. The van der Waals surface area contributed by atoms with Crippen molar-refractivity contribution < 1.29 is 4.79 Å². The van der Waals surface area contributed by atoms with E-state index in [0.29, 0.717) is 23.7 Å². The van der Waals surface area contributed by atoms with Crippen molar-refractivity contribution in [3.05, 3.63) is 89.1 Å². The Morgan fingerprint density at radius 3 is 2.79 bits per heavy atom. The first-order valence-corrected chi connectivity index (χ1v) is 11.3. The fraction of sp³-hybridized carbons (Fsp3) is 0.148. The van der Waals surface area contributed by atoms with E-state index in [0.717, 1.165) is 34.2 Å². The van der Waals surface area contributed by atoms with Crippen LogP contribution in [0.3, 0.4) is 0 Å². The molecule has 3 aromatic heterocycles. The lowest BCUT2D eigenvalue weighted by atomic mass is 10.0. The molecule has 33 heavy (non-hydrogen) atoms. The van der Waals surface area contributed by atoms with Gasteiger partial charge in [-0.1, -0.05) is 47.5 Å². The first kappa shape index (κ1) is 21.2. The van der Waals surface area contributed by atoms with Crippen LogP contribution in [0.15, 0.2) is 72.9 Å². The second-order valence-electron chi connectivity index (χ2n) is 8.18. The van der Waals surface area contributed by atoms with Gasteiger partial charge in [-0.3, -0.25) is 4.79 Å². The molecule has 0 aliphatic carbocycles. The van der Waals surface area contributed by atoms with Crippen LogP contribution < -0.4 is 5.32 Å². The van der Waals surface area contributed by atoms with Crippen molar-refractivity contribution in [1.29, 1.82) is 0 Å². The average molecular weight is 455 g/mol. The Bertz CT molecular complexity index is 1460. The molecule has 0 spiro atoms. The number of H-pyrrole nitrogens is 1. The molecule has 0 fully saturated rings. The monoisotopic (exact) mass is 454 g/mol. The number of aromatic nitrogens is 3. The number of halogens is 1. The van der Waals surface area contributed by atoms with Gasteiger partial charge in [0.15, 0.2) is 0 Å². The van der Waals surface area contributed by atoms with Crippen LogP contribution in [-0.2, 0) is 11.2 Å². The van der Waals surface area contributed by atoms with Crippen LogP contribution in [0.1, 0.15) is 24.0 Å². The van der Waals surface area contributed by atoms with Crippen molar-refractivity contribution in [2.75, 3.05) is 5.32 Å². The molecule has 5 rings (SSSR count). The van der Waals surface area contributed by atoms with Crippen molar-refractivity contribution in [3.8, 4) is 11.4 Å². The number of fused-ring (bicyclic) bond motifs is 2. The molecule has 2 aromatic carbocycles. The summed E-state index contributed by atoms with van der Waals surface area (Å²) >= 11 is 5.86. The van der Waals surface area contributed by atoms with E-state index < -0.39 is 0 Å². The lowest BCUT2D eigenvalue weighted by Crippen LogP contribution is -2.12. The molecule has 0 bridgehead atoms. The smallest absolute Gasteiger partial charge is 0.225 e. The molecule has 0 saturated heterocycles. The summed E-state index contributed by atoms with van der Waals surface area (Å²) in [5.74, 6) is 0.444. The zero-order valence-electron chi connectivity index (χ0n) is 18.2. The highest BCUT2D eigenvalue weighted by atomic mass is 35.5. The maximum absolute atomic E-state index is 12.4. The molecule has 0 aliphatic rings. The molecule has 164 valence electrons. The first-order chi connectivity index (χ1) is 16.1. The zero-order chi connectivity index (χ0) is 22.8. The van der Waals surface area contributed by atoms with Gasteiger partial charge in [-0.25, -0.2) is 9.97 Å². The third kappa shape index (κ3) is 4.59. The summed E-state index contributed by atoms with van der Waals surface area (Å²) in [7, 11) is 0. The molecule has 1 amide bonds. The number of aromatic amines is 1. The number of hydrogen-bond donors (Lipinski definition) is 2. The van der Waals surface area contributed by atoms with Crippen LogP contribution in [0.2, 0.25) is 5.02 Å². The summed E-state index contributed by atoms with van der Waals surface area (Å²) in [5, 5.41) is 5.67. The van der Waals surface area contributed by atoms with Gasteiger partial charge >= 0.3 is 0 Å². The SMILES string of the molecule is Cc1ccc2[nH]c(-c3ccc4ccccc4n3)c(CCCC(=O)Nc3ccc(Cl)cn3)c2c1. The Kier molecular flexibility index (Phi) is 5.80. The van der Waals surface area contributed by atoms with Crippen LogP contribution in [-0.4, -0.2) is 20.9 Å². The summed E-state index contributed by atoms with van der Waals surface area (Å²) in [6.07, 6.45) is 3.39. The molecule has 0 unspecified atom stereocenters. The minimum absolute atomic E-state index is 0.0637. The molecule has 2 N–H and O–H groups in total. The average Bonchev–Trinajstić information content (AvgIpc) is 3.18. The van der Waals surface area contributed by atoms with E-state index in [2.05, 4.69) is 58.6 Å². The topological polar surface area (TPSA) is 70.7 Å². The van der Waals surface area contributed by atoms with Crippen molar-refractivity contribution in [1.82, 2.24) is 15.0 Å². The Morgan fingerprint density at radius 2 is 1.94 bits per heavy atom. The van der Waals surface area contributed by atoms with Gasteiger partial charge in [0.2, 0.25) is 5.91 Å². The van der Waals surface area contributed by atoms with E-state index in [-0.39, 0.29) is 5.91 Å². The number of rotatable bonds is 6. The molecular formula is C27H23ClN4O. The van der Waals surface area contributed by atoms with Gasteiger partial charge in [-0.2, -0.15) is 0 Å². The summed E-state index contributed by atoms with van der Waals surface area (Å²) in [5.41, 5.74) is 6.36. The maximum atomic E-state index is 12.4. The van der Waals surface area contributed by atoms with Crippen molar-refractivity contribution in [2.24, 2.45) is 0 Å². The Balaban J connectivity index is 1.40. The van der Waals surface area contributed by atoms with Gasteiger partial charge < -0.3 is 10.3 Å². The number of nitrogens with one attached hydrogen (secondary N) is 2. The van der Waals surface area contributed by atoms with E-state index in [4.69, 9.17) is 16.6 Å². The van der Waals surface area contributed by atoms with Crippen LogP contribution >= 0.6 is 11.6 Å². The number of aryl methyl sites for hydroxylation is 2. The molecular weight excluding hydrogens is 432 g/mol. The van der Waals surface area contributed by atoms with E-state index in [1.54, 1.807) is 12.1 Å². The quantitative estimate of drug-likeness (QED) is 0.300. The molecule has 0 aliphatic heterocycles. The van der Waals surface area contributed by atoms with Gasteiger partial charge in [-0.15, -0.1) is 0 Å². The van der Waals surface area contributed by atoms with Crippen LogP contribution in [0.5, 0.6) is 0 Å². The van der Waals surface area contributed by atoms with Crippen molar-refractivity contribution in [3.63, 3.8) is 0 Å². The third-order valence-electron chi connectivity index (χ3n) is 5.74. The lowest BCUT2D eigenvalue weighted by Gasteiger charge is -2.07. The van der Waals surface area contributed by atoms with Crippen LogP contribution in [0.25, 0.3) is 33.2 Å². The fourth-order valence-corrected chi connectivity index (χ4v) is 4.24. The normalized spacial score (nSPS) is 11.2.